The van der Waals surface area contributed by atoms with E-state index in [-0.39, 0.29) is 23.8 Å². The van der Waals surface area contributed by atoms with Crippen LogP contribution in [0, 0.1) is 0 Å². The minimum atomic E-state index is -3.47. The van der Waals surface area contributed by atoms with Gasteiger partial charge < -0.3 is 14.4 Å². The fourth-order valence-electron chi connectivity index (χ4n) is 3.83. The molecule has 34 heavy (non-hydrogen) atoms. The lowest BCUT2D eigenvalue weighted by atomic mass is 10.1. The normalized spacial score (nSPS) is 14.4. The molecule has 0 radical (unpaired) electrons. The van der Waals surface area contributed by atoms with Gasteiger partial charge in [-0.1, -0.05) is 36.8 Å². The van der Waals surface area contributed by atoms with E-state index in [1.165, 1.54) is 9.21 Å². The molecule has 1 aliphatic heterocycles. The molecule has 184 valence electrons. The van der Waals surface area contributed by atoms with Gasteiger partial charge in [-0.2, -0.15) is 4.31 Å². The summed E-state index contributed by atoms with van der Waals surface area (Å²) < 4.78 is 37.4. The Hall–Kier alpha value is -2.91. The Bertz CT molecular complexity index is 1080. The highest BCUT2D eigenvalue weighted by Gasteiger charge is 2.25. The van der Waals surface area contributed by atoms with Gasteiger partial charge in [0.2, 0.25) is 10.0 Å². The van der Waals surface area contributed by atoms with E-state index in [9.17, 15) is 18.0 Å². The van der Waals surface area contributed by atoms with Crippen molar-refractivity contribution in [1.29, 1.82) is 0 Å². The van der Waals surface area contributed by atoms with Gasteiger partial charge in [0.25, 0.3) is 5.91 Å². The molecule has 0 aliphatic carbocycles. The topological polar surface area (TPSA) is 93.2 Å². The SMILES string of the molecule is COc1ccccc1CN(C)C(=O)COC(=O)CCc1ccc(S(=O)(=O)N2CCCCC2)cc1. The lowest BCUT2D eigenvalue weighted by Crippen LogP contribution is -2.35. The second-order valence-electron chi connectivity index (χ2n) is 8.33. The highest BCUT2D eigenvalue weighted by Crippen LogP contribution is 2.21. The number of hydrogen-bond donors (Lipinski definition) is 0. The number of rotatable bonds is 10. The molecule has 0 bridgehead atoms. The van der Waals surface area contributed by atoms with E-state index in [2.05, 4.69) is 0 Å². The zero-order chi connectivity index (χ0) is 24.6. The highest BCUT2D eigenvalue weighted by atomic mass is 32.2. The van der Waals surface area contributed by atoms with Gasteiger partial charge in [-0.15, -0.1) is 0 Å². The summed E-state index contributed by atoms with van der Waals surface area (Å²) in [6, 6.07) is 14.0. The van der Waals surface area contributed by atoms with E-state index in [4.69, 9.17) is 9.47 Å². The van der Waals surface area contributed by atoms with Crippen molar-refractivity contribution in [3.05, 3.63) is 59.7 Å². The van der Waals surface area contributed by atoms with Crippen LogP contribution in [0.4, 0.5) is 0 Å². The molecule has 9 heteroatoms. The van der Waals surface area contributed by atoms with E-state index >= 15 is 0 Å². The van der Waals surface area contributed by atoms with Crippen molar-refractivity contribution in [2.24, 2.45) is 0 Å². The summed E-state index contributed by atoms with van der Waals surface area (Å²) in [5.41, 5.74) is 1.69. The van der Waals surface area contributed by atoms with Crippen molar-refractivity contribution in [2.45, 2.75) is 43.5 Å². The summed E-state index contributed by atoms with van der Waals surface area (Å²) in [6.07, 6.45) is 3.33. The van der Waals surface area contributed by atoms with E-state index < -0.39 is 16.0 Å². The zero-order valence-electron chi connectivity index (χ0n) is 19.7. The second-order valence-corrected chi connectivity index (χ2v) is 10.3. The van der Waals surface area contributed by atoms with Gasteiger partial charge in [0.05, 0.1) is 12.0 Å². The molecule has 2 aromatic carbocycles. The summed E-state index contributed by atoms with van der Waals surface area (Å²) in [5, 5.41) is 0. The van der Waals surface area contributed by atoms with Gasteiger partial charge in [-0.3, -0.25) is 9.59 Å². The molecule has 1 amide bonds. The standard InChI is InChI=1S/C25H32N2O6S/c1-26(18-21-8-4-5-9-23(21)32-2)24(28)19-33-25(29)15-12-20-10-13-22(14-11-20)34(30,31)27-16-6-3-7-17-27/h4-5,8-11,13-14H,3,6-7,12,15-19H2,1-2H3. The fraction of sp³-hybridized carbons (Fsp3) is 0.440. The Balaban J connectivity index is 1.44. The molecule has 0 aromatic heterocycles. The quantitative estimate of drug-likeness (QED) is 0.478. The van der Waals surface area contributed by atoms with Crippen molar-refractivity contribution >= 4 is 21.9 Å². The van der Waals surface area contributed by atoms with Crippen LogP contribution in [0.25, 0.3) is 0 Å². The van der Waals surface area contributed by atoms with Crippen molar-refractivity contribution in [3.8, 4) is 5.75 Å². The molecule has 0 atom stereocenters. The molecule has 0 unspecified atom stereocenters. The molecule has 3 rings (SSSR count). The van der Waals surface area contributed by atoms with Gasteiger partial charge in [-0.05, 0) is 43.0 Å². The summed E-state index contributed by atoms with van der Waals surface area (Å²) >= 11 is 0. The first-order chi connectivity index (χ1) is 16.3. The number of benzene rings is 2. The molecule has 0 spiro atoms. The van der Waals surface area contributed by atoms with Crippen LogP contribution in [0.1, 0.15) is 36.8 Å². The van der Waals surface area contributed by atoms with Crippen LogP contribution >= 0.6 is 0 Å². The molecule has 1 aliphatic rings. The first-order valence-electron chi connectivity index (χ1n) is 11.4. The molecule has 0 N–H and O–H groups in total. The number of amides is 1. The van der Waals surface area contributed by atoms with Crippen LogP contribution in [-0.2, 0) is 37.3 Å². The van der Waals surface area contributed by atoms with Crippen LogP contribution in [0.15, 0.2) is 53.4 Å². The van der Waals surface area contributed by atoms with Crippen LogP contribution < -0.4 is 4.74 Å². The van der Waals surface area contributed by atoms with Gasteiger partial charge in [0.15, 0.2) is 6.61 Å². The molecular weight excluding hydrogens is 456 g/mol. The molecule has 1 saturated heterocycles. The smallest absolute Gasteiger partial charge is 0.306 e. The summed E-state index contributed by atoms with van der Waals surface area (Å²) in [4.78, 5) is 26.2. The van der Waals surface area contributed by atoms with Crippen molar-refractivity contribution in [3.63, 3.8) is 0 Å². The third-order valence-electron chi connectivity index (χ3n) is 5.88. The zero-order valence-corrected chi connectivity index (χ0v) is 20.6. The fourth-order valence-corrected chi connectivity index (χ4v) is 5.35. The van der Waals surface area contributed by atoms with Gasteiger partial charge >= 0.3 is 5.97 Å². The average molecular weight is 489 g/mol. The van der Waals surface area contributed by atoms with Crippen molar-refractivity contribution < 1.29 is 27.5 Å². The van der Waals surface area contributed by atoms with Crippen LogP contribution in [-0.4, -0.2) is 63.4 Å². The largest absolute Gasteiger partial charge is 0.496 e. The van der Waals surface area contributed by atoms with Crippen molar-refractivity contribution in [2.75, 3.05) is 33.9 Å². The molecular formula is C25H32N2O6S. The Morgan fingerprint density at radius 1 is 1.00 bits per heavy atom. The number of aryl methyl sites for hydroxylation is 1. The number of hydrogen-bond acceptors (Lipinski definition) is 6. The third kappa shape index (κ3) is 6.80. The van der Waals surface area contributed by atoms with Crippen molar-refractivity contribution in [1.82, 2.24) is 9.21 Å². The maximum Gasteiger partial charge on any atom is 0.306 e. The van der Waals surface area contributed by atoms with E-state index in [0.717, 1.165) is 30.4 Å². The Morgan fingerprint density at radius 3 is 2.35 bits per heavy atom. The molecule has 1 fully saturated rings. The Morgan fingerprint density at radius 2 is 1.68 bits per heavy atom. The number of piperidine rings is 1. The number of para-hydroxylation sites is 1. The monoisotopic (exact) mass is 488 g/mol. The van der Waals surface area contributed by atoms with Crippen LogP contribution in [0.2, 0.25) is 0 Å². The molecule has 2 aromatic rings. The minimum Gasteiger partial charge on any atom is -0.496 e. The molecule has 1 heterocycles. The van der Waals surface area contributed by atoms with E-state index in [0.29, 0.717) is 31.8 Å². The van der Waals surface area contributed by atoms with Gasteiger partial charge in [0, 0.05) is 38.7 Å². The molecule has 8 nitrogen and oxygen atoms in total. The summed E-state index contributed by atoms with van der Waals surface area (Å²) in [5.74, 6) is -0.107. The lowest BCUT2D eigenvalue weighted by Gasteiger charge is -2.25. The lowest BCUT2D eigenvalue weighted by molar-refractivity contribution is -0.151. The number of sulfonamides is 1. The Labute approximate surface area is 201 Å². The van der Waals surface area contributed by atoms with Gasteiger partial charge in [-0.25, -0.2) is 8.42 Å². The minimum absolute atomic E-state index is 0.0989. The maximum absolute atomic E-state index is 12.7. The summed E-state index contributed by atoms with van der Waals surface area (Å²) in [6.45, 7) is 1.12. The Kier molecular flexibility index (Phi) is 9.06. The summed E-state index contributed by atoms with van der Waals surface area (Å²) in [7, 11) is -0.258. The highest BCUT2D eigenvalue weighted by molar-refractivity contribution is 7.89. The first-order valence-corrected chi connectivity index (χ1v) is 12.9. The number of nitrogens with zero attached hydrogens (tertiary/aromatic N) is 2. The van der Waals surface area contributed by atoms with Crippen LogP contribution in [0.3, 0.4) is 0 Å². The van der Waals surface area contributed by atoms with Crippen LogP contribution in [0.5, 0.6) is 5.75 Å². The predicted molar refractivity (Wildman–Crippen MR) is 128 cm³/mol. The number of likely N-dealkylation sites (N-methyl/N-ethyl adjacent to an activating group) is 1. The number of ether oxygens (including phenoxy) is 2. The van der Waals surface area contributed by atoms with E-state index in [1.807, 2.05) is 24.3 Å². The molecule has 0 saturated carbocycles. The number of carbonyl (C=O) groups is 2. The van der Waals surface area contributed by atoms with E-state index in [1.54, 1.807) is 38.4 Å². The average Bonchev–Trinajstić information content (AvgIpc) is 2.87. The predicted octanol–water partition coefficient (Wildman–Crippen LogP) is 3.00. The number of methoxy groups -OCH3 is 1. The second kappa shape index (κ2) is 12.0. The number of carbonyl (C=O) groups excluding carboxylic acids is 2. The first kappa shape index (κ1) is 25.7. The third-order valence-corrected chi connectivity index (χ3v) is 7.79. The number of esters is 1. The van der Waals surface area contributed by atoms with Gasteiger partial charge in [0.1, 0.15) is 5.75 Å². The maximum atomic E-state index is 12.7.